The minimum Gasteiger partial charge on any atom is -0.334 e. The van der Waals surface area contributed by atoms with Crippen molar-refractivity contribution in [3.63, 3.8) is 0 Å². The van der Waals surface area contributed by atoms with Crippen molar-refractivity contribution in [3.8, 4) is 23.0 Å². The van der Waals surface area contributed by atoms with Gasteiger partial charge in [0, 0.05) is 22.5 Å². The molecule has 28 heavy (non-hydrogen) atoms. The van der Waals surface area contributed by atoms with Gasteiger partial charge in [0.05, 0.1) is 0 Å². The molecule has 0 aliphatic carbocycles. The number of aryl methyl sites for hydroxylation is 1. The lowest BCUT2D eigenvalue weighted by Gasteiger charge is -2.08. The van der Waals surface area contributed by atoms with Gasteiger partial charge in [-0.2, -0.15) is 4.98 Å². The van der Waals surface area contributed by atoms with Crippen LogP contribution in [-0.4, -0.2) is 20.6 Å². The number of amides is 1. The zero-order valence-electron chi connectivity index (χ0n) is 15.1. The fourth-order valence-electron chi connectivity index (χ4n) is 2.87. The molecule has 0 fully saturated rings. The van der Waals surface area contributed by atoms with E-state index >= 15 is 0 Å². The number of anilines is 1. The van der Waals surface area contributed by atoms with Crippen LogP contribution in [0, 0.1) is 6.92 Å². The molecule has 0 radical (unpaired) electrons. The van der Waals surface area contributed by atoms with E-state index in [2.05, 4.69) is 15.5 Å². The molecule has 0 spiro atoms. The van der Waals surface area contributed by atoms with Gasteiger partial charge in [-0.3, -0.25) is 4.79 Å². The highest BCUT2D eigenvalue weighted by molar-refractivity contribution is 6.30. The largest absolute Gasteiger partial charge is 0.334 e. The number of rotatable bonds is 5. The van der Waals surface area contributed by atoms with Crippen molar-refractivity contribution in [2.75, 3.05) is 5.32 Å². The van der Waals surface area contributed by atoms with Gasteiger partial charge in [0.25, 0.3) is 5.89 Å². The molecule has 0 atom stereocenters. The number of nitrogens with one attached hydrogen (secondary N) is 1. The number of benzene rings is 2. The number of aromatic nitrogens is 3. The SMILES string of the molecule is Cc1cccc(NC(=O)Cn2cccc2-c2nc(-c3ccc(Cl)cc3)no2)c1. The Morgan fingerprint density at radius 1 is 1.14 bits per heavy atom. The normalized spacial score (nSPS) is 10.8. The molecule has 1 amide bonds. The molecule has 7 heteroatoms. The van der Waals surface area contributed by atoms with Crippen LogP contribution < -0.4 is 5.32 Å². The van der Waals surface area contributed by atoms with E-state index < -0.39 is 0 Å². The van der Waals surface area contributed by atoms with Crippen LogP contribution in [0.4, 0.5) is 5.69 Å². The first-order chi connectivity index (χ1) is 13.6. The van der Waals surface area contributed by atoms with Crippen LogP contribution in [0.15, 0.2) is 71.4 Å². The van der Waals surface area contributed by atoms with E-state index in [0.717, 1.165) is 16.8 Å². The topological polar surface area (TPSA) is 73.0 Å². The Balaban J connectivity index is 1.51. The summed E-state index contributed by atoms with van der Waals surface area (Å²) < 4.78 is 7.17. The van der Waals surface area contributed by atoms with Crippen LogP contribution in [0.2, 0.25) is 5.02 Å². The Kier molecular flexibility index (Phi) is 4.95. The van der Waals surface area contributed by atoms with Gasteiger partial charge in [-0.25, -0.2) is 0 Å². The summed E-state index contributed by atoms with van der Waals surface area (Å²) in [6.45, 7) is 2.11. The number of hydrogen-bond acceptors (Lipinski definition) is 4. The van der Waals surface area contributed by atoms with E-state index in [-0.39, 0.29) is 12.5 Å². The Bertz CT molecular complexity index is 1120. The summed E-state index contributed by atoms with van der Waals surface area (Å²) in [5, 5.41) is 7.56. The van der Waals surface area contributed by atoms with Crippen LogP contribution in [0.3, 0.4) is 0 Å². The van der Waals surface area contributed by atoms with E-state index in [1.54, 1.807) is 22.9 Å². The van der Waals surface area contributed by atoms with E-state index in [0.29, 0.717) is 22.4 Å². The Labute approximate surface area is 166 Å². The maximum atomic E-state index is 12.4. The van der Waals surface area contributed by atoms with Crippen LogP contribution in [0.1, 0.15) is 5.56 Å². The second-order valence-electron chi connectivity index (χ2n) is 6.37. The Morgan fingerprint density at radius 2 is 1.96 bits per heavy atom. The second kappa shape index (κ2) is 7.70. The van der Waals surface area contributed by atoms with Crippen LogP contribution in [-0.2, 0) is 11.3 Å². The number of carbonyl (C=O) groups excluding carboxylic acids is 1. The van der Waals surface area contributed by atoms with Gasteiger partial charge in [-0.1, -0.05) is 28.9 Å². The molecule has 0 aliphatic heterocycles. The molecule has 0 bridgehead atoms. The fourth-order valence-corrected chi connectivity index (χ4v) is 2.99. The fraction of sp³-hybridized carbons (Fsp3) is 0.0952. The lowest BCUT2D eigenvalue weighted by molar-refractivity contribution is -0.116. The third kappa shape index (κ3) is 3.97. The quantitative estimate of drug-likeness (QED) is 0.529. The molecule has 140 valence electrons. The monoisotopic (exact) mass is 392 g/mol. The molecular weight excluding hydrogens is 376 g/mol. The smallest absolute Gasteiger partial charge is 0.274 e. The Morgan fingerprint density at radius 3 is 2.75 bits per heavy atom. The van der Waals surface area contributed by atoms with Gasteiger partial charge in [0.15, 0.2) is 0 Å². The van der Waals surface area contributed by atoms with E-state index in [4.69, 9.17) is 16.1 Å². The van der Waals surface area contributed by atoms with Crippen molar-refractivity contribution >= 4 is 23.2 Å². The molecule has 1 N–H and O–H groups in total. The average Bonchev–Trinajstić information content (AvgIpc) is 3.31. The molecule has 4 aromatic rings. The van der Waals surface area contributed by atoms with Crippen LogP contribution >= 0.6 is 11.6 Å². The lowest BCUT2D eigenvalue weighted by atomic mass is 10.2. The first kappa shape index (κ1) is 18.0. The van der Waals surface area contributed by atoms with Gasteiger partial charge in [-0.15, -0.1) is 0 Å². The van der Waals surface area contributed by atoms with Gasteiger partial charge < -0.3 is 14.4 Å². The zero-order chi connectivity index (χ0) is 19.5. The summed E-state index contributed by atoms with van der Waals surface area (Å²) in [5.41, 5.74) is 3.32. The second-order valence-corrected chi connectivity index (χ2v) is 6.81. The van der Waals surface area contributed by atoms with E-state index in [1.807, 2.05) is 55.5 Å². The van der Waals surface area contributed by atoms with Crippen molar-refractivity contribution < 1.29 is 9.32 Å². The molecule has 0 saturated carbocycles. The standard InChI is InChI=1S/C21H17ClN4O2/c1-14-4-2-5-17(12-14)23-19(27)13-26-11-3-6-18(26)21-24-20(25-28-21)15-7-9-16(22)10-8-15/h2-12H,13H2,1H3,(H,23,27). The summed E-state index contributed by atoms with van der Waals surface area (Å²) >= 11 is 5.92. The zero-order valence-corrected chi connectivity index (χ0v) is 15.8. The lowest BCUT2D eigenvalue weighted by Crippen LogP contribution is -2.18. The number of halogens is 1. The van der Waals surface area contributed by atoms with Crippen molar-refractivity contribution in [1.29, 1.82) is 0 Å². The summed E-state index contributed by atoms with van der Waals surface area (Å²) in [5.74, 6) is 0.669. The first-order valence-corrected chi connectivity index (χ1v) is 9.08. The maximum absolute atomic E-state index is 12.4. The predicted octanol–water partition coefficient (Wildman–Crippen LogP) is 4.81. The maximum Gasteiger partial charge on any atom is 0.274 e. The van der Waals surface area contributed by atoms with Gasteiger partial charge in [0.1, 0.15) is 12.2 Å². The summed E-state index contributed by atoms with van der Waals surface area (Å²) in [6, 6.07) is 18.5. The summed E-state index contributed by atoms with van der Waals surface area (Å²) in [4.78, 5) is 16.9. The number of carbonyl (C=O) groups is 1. The molecule has 2 aromatic carbocycles. The minimum absolute atomic E-state index is 0.134. The molecule has 4 rings (SSSR count). The summed E-state index contributed by atoms with van der Waals surface area (Å²) in [6.07, 6.45) is 1.80. The molecule has 0 unspecified atom stereocenters. The van der Waals surface area contributed by atoms with Crippen molar-refractivity contribution in [1.82, 2.24) is 14.7 Å². The molecule has 2 heterocycles. The van der Waals surface area contributed by atoms with Gasteiger partial charge in [-0.05, 0) is 61.0 Å². The van der Waals surface area contributed by atoms with E-state index in [9.17, 15) is 4.79 Å². The average molecular weight is 393 g/mol. The third-order valence-corrected chi connectivity index (χ3v) is 4.44. The van der Waals surface area contributed by atoms with Crippen molar-refractivity contribution in [2.24, 2.45) is 0 Å². The van der Waals surface area contributed by atoms with Crippen molar-refractivity contribution in [3.05, 3.63) is 77.4 Å². The highest BCUT2D eigenvalue weighted by Crippen LogP contribution is 2.24. The molecular formula is C21H17ClN4O2. The van der Waals surface area contributed by atoms with E-state index in [1.165, 1.54) is 0 Å². The third-order valence-electron chi connectivity index (χ3n) is 4.19. The number of nitrogens with zero attached hydrogens (tertiary/aromatic N) is 3. The van der Waals surface area contributed by atoms with Gasteiger partial charge in [0.2, 0.25) is 11.7 Å². The Hall–Kier alpha value is -3.38. The van der Waals surface area contributed by atoms with Gasteiger partial charge >= 0.3 is 0 Å². The molecule has 0 aliphatic rings. The molecule has 2 aromatic heterocycles. The highest BCUT2D eigenvalue weighted by Gasteiger charge is 2.15. The van der Waals surface area contributed by atoms with Crippen molar-refractivity contribution in [2.45, 2.75) is 13.5 Å². The van der Waals surface area contributed by atoms with Crippen LogP contribution in [0.5, 0.6) is 0 Å². The van der Waals surface area contributed by atoms with Crippen LogP contribution in [0.25, 0.3) is 23.0 Å². The molecule has 6 nitrogen and oxygen atoms in total. The minimum atomic E-state index is -0.138. The first-order valence-electron chi connectivity index (χ1n) is 8.70. The molecule has 0 saturated heterocycles. The summed E-state index contributed by atoms with van der Waals surface area (Å²) in [7, 11) is 0. The number of hydrogen-bond donors (Lipinski definition) is 1. The highest BCUT2D eigenvalue weighted by atomic mass is 35.5. The predicted molar refractivity (Wildman–Crippen MR) is 108 cm³/mol.